The Morgan fingerprint density at radius 3 is 3.06 bits per heavy atom. The van der Waals surface area contributed by atoms with Crippen molar-refractivity contribution in [1.29, 1.82) is 0 Å². The molecule has 7 nitrogen and oxygen atoms in total. The number of nitrogens with one attached hydrogen (secondary N) is 2. The van der Waals surface area contributed by atoms with E-state index in [1.807, 2.05) is 0 Å². The van der Waals surface area contributed by atoms with E-state index in [-0.39, 0.29) is 5.91 Å². The zero-order valence-corrected chi connectivity index (χ0v) is 9.88. The third kappa shape index (κ3) is 3.03. The third-order valence-corrected chi connectivity index (χ3v) is 2.28. The highest BCUT2D eigenvalue weighted by molar-refractivity contribution is 5.92. The minimum absolute atomic E-state index is 0.226. The first-order valence-electron chi connectivity index (χ1n) is 5.48. The van der Waals surface area contributed by atoms with E-state index in [2.05, 4.69) is 30.3 Å². The first kappa shape index (κ1) is 12.0. The van der Waals surface area contributed by atoms with E-state index in [4.69, 9.17) is 0 Å². The normalized spacial score (nSPS) is 10.1. The molecule has 0 fully saturated rings. The van der Waals surface area contributed by atoms with Crippen LogP contribution in [-0.2, 0) is 6.42 Å². The van der Waals surface area contributed by atoms with Crippen LogP contribution in [0.25, 0.3) is 0 Å². The SMILES string of the molecule is CNc1cccc(C(=O)NCCc2ncon2)n1. The summed E-state index contributed by atoms with van der Waals surface area (Å²) in [7, 11) is 1.75. The molecule has 0 unspecified atom stereocenters. The van der Waals surface area contributed by atoms with Crippen LogP contribution in [0, 0.1) is 0 Å². The van der Waals surface area contributed by atoms with E-state index >= 15 is 0 Å². The van der Waals surface area contributed by atoms with Crippen molar-refractivity contribution in [2.24, 2.45) is 0 Å². The van der Waals surface area contributed by atoms with E-state index in [1.54, 1.807) is 25.2 Å². The van der Waals surface area contributed by atoms with Crippen molar-refractivity contribution in [2.45, 2.75) is 6.42 Å². The second kappa shape index (κ2) is 5.76. The number of rotatable bonds is 5. The minimum Gasteiger partial charge on any atom is -0.373 e. The molecule has 7 heteroatoms. The molecule has 2 rings (SSSR count). The van der Waals surface area contributed by atoms with E-state index in [9.17, 15) is 4.79 Å². The highest BCUT2D eigenvalue weighted by Gasteiger charge is 2.07. The molecule has 0 spiro atoms. The average Bonchev–Trinajstić information content (AvgIpc) is 2.92. The molecular weight excluding hydrogens is 234 g/mol. The van der Waals surface area contributed by atoms with Crippen molar-refractivity contribution < 1.29 is 9.32 Å². The van der Waals surface area contributed by atoms with Gasteiger partial charge in [-0.25, -0.2) is 4.98 Å². The molecule has 2 aromatic heterocycles. The lowest BCUT2D eigenvalue weighted by Crippen LogP contribution is -2.26. The summed E-state index contributed by atoms with van der Waals surface area (Å²) in [6.07, 6.45) is 1.78. The fraction of sp³-hybridized carbons (Fsp3) is 0.273. The Labute approximate surface area is 104 Å². The molecule has 18 heavy (non-hydrogen) atoms. The Bertz CT molecular complexity index is 512. The summed E-state index contributed by atoms with van der Waals surface area (Å²) < 4.78 is 4.59. The maximum absolute atomic E-state index is 11.8. The second-order valence-corrected chi connectivity index (χ2v) is 3.51. The van der Waals surface area contributed by atoms with Gasteiger partial charge in [0.15, 0.2) is 5.82 Å². The molecule has 2 N–H and O–H groups in total. The van der Waals surface area contributed by atoms with Crippen LogP contribution in [-0.4, -0.2) is 34.6 Å². The van der Waals surface area contributed by atoms with Gasteiger partial charge in [0.25, 0.3) is 5.91 Å². The summed E-state index contributed by atoms with van der Waals surface area (Å²) in [5.74, 6) is 0.989. The highest BCUT2D eigenvalue weighted by Crippen LogP contribution is 2.03. The Morgan fingerprint density at radius 1 is 1.44 bits per heavy atom. The van der Waals surface area contributed by atoms with Crippen molar-refractivity contribution in [1.82, 2.24) is 20.4 Å². The van der Waals surface area contributed by atoms with Gasteiger partial charge in [0.2, 0.25) is 6.39 Å². The fourth-order valence-electron chi connectivity index (χ4n) is 1.38. The molecule has 0 aliphatic heterocycles. The Morgan fingerprint density at radius 2 is 2.33 bits per heavy atom. The topological polar surface area (TPSA) is 92.9 Å². The number of amides is 1. The predicted molar refractivity (Wildman–Crippen MR) is 64.1 cm³/mol. The second-order valence-electron chi connectivity index (χ2n) is 3.51. The van der Waals surface area contributed by atoms with Crippen LogP contribution >= 0.6 is 0 Å². The number of pyridine rings is 1. The lowest BCUT2D eigenvalue weighted by molar-refractivity contribution is 0.0949. The summed E-state index contributed by atoms with van der Waals surface area (Å²) in [6, 6.07) is 5.22. The molecule has 0 radical (unpaired) electrons. The Hall–Kier alpha value is -2.44. The van der Waals surface area contributed by atoms with Crippen molar-refractivity contribution in [2.75, 3.05) is 18.9 Å². The quantitative estimate of drug-likeness (QED) is 0.798. The van der Waals surface area contributed by atoms with Gasteiger partial charge in [0.1, 0.15) is 11.5 Å². The van der Waals surface area contributed by atoms with Crippen LogP contribution in [0.15, 0.2) is 29.1 Å². The van der Waals surface area contributed by atoms with Crippen LogP contribution in [0.5, 0.6) is 0 Å². The number of aromatic nitrogens is 3. The third-order valence-electron chi connectivity index (χ3n) is 2.28. The van der Waals surface area contributed by atoms with E-state index < -0.39 is 0 Å². The van der Waals surface area contributed by atoms with Crippen molar-refractivity contribution in [3.63, 3.8) is 0 Å². The van der Waals surface area contributed by atoms with Gasteiger partial charge in [-0.1, -0.05) is 11.2 Å². The molecular formula is C11H13N5O2. The zero-order valence-electron chi connectivity index (χ0n) is 9.88. The van der Waals surface area contributed by atoms with Gasteiger partial charge in [0.05, 0.1) is 0 Å². The standard InChI is InChI=1S/C11H13N5O2/c1-12-9-4-2-3-8(15-9)11(17)13-6-5-10-14-7-18-16-10/h2-4,7H,5-6H2,1H3,(H,12,15)(H,13,17). The molecule has 0 aromatic carbocycles. The molecule has 0 atom stereocenters. The van der Waals surface area contributed by atoms with Crippen molar-refractivity contribution in [3.8, 4) is 0 Å². The van der Waals surface area contributed by atoms with E-state index in [0.29, 0.717) is 30.3 Å². The number of carbonyl (C=O) groups is 1. The number of nitrogens with zero attached hydrogens (tertiary/aromatic N) is 3. The molecule has 0 bridgehead atoms. The molecule has 0 aliphatic rings. The first-order valence-corrected chi connectivity index (χ1v) is 5.48. The first-order chi connectivity index (χ1) is 8.79. The molecule has 94 valence electrons. The molecule has 0 saturated carbocycles. The smallest absolute Gasteiger partial charge is 0.269 e. The number of carbonyl (C=O) groups excluding carboxylic acids is 1. The van der Waals surface area contributed by atoms with Crippen LogP contribution in [0.1, 0.15) is 16.3 Å². The largest absolute Gasteiger partial charge is 0.373 e. The molecule has 1 amide bonds. The molecule has 0 saturated heterocycles. The van der Waals surface area contributed by atoms with Crippen molar-refractivity contribution >= 4 is 11.7 Å². The van der Waals surface area contributed by atoms with Gasteiger partial charge in [-0.05, 0) is 12.1 Å². The van der Waals surface area contributed by atoms with Gasteiger partial charge in [-0.2, -0.15) is 4.98 Å². The zero-order chi connectivity index (χ0) is 12.8. The maximum atomic E-state index is 11.8. The maximum Gasteiger partial charge on any atom is 0.269 e. The van der Waals surface area contributed by atoms with Gasteiger partial charge >= 0.3 is 0 Å². The van der Waals surface area contributed by atoms with Crippen LogP contribution in [0.4, 0.5) is 5.82 Å². The summed E-state index contributed by atoms with van der Waals surface area (Å²) >= 11 is 0. The predicted octanol–water partition coefficient (Wildman–Crippen LogP) is 0.479. The minimum atomic E-state index is -0.226. The number of hydrogen-bond acceptors (Lipinski definition) is 6. The van der Waals surface area contributed by atoms with Gasteiger partial charge in [-0.3, -0.25) is 4.79 Å². The van der Waals surface area contributed by atoms with Crippen LogP contribution in [0.2, 0.25) is 0 Å². The summed E-state index contributed by atoms with van der Waals surface area (Å²) in [4.78, 5) is 19.8. The Kier molecular flexibility index (Phi) is 3.85. The lowest BCUT2D eigenvalue weighted by Gasteiger charge is -2.04. The number of hydrogen-bond donors (Lipinski definition) is 2. The lowest BCUT2D eigenvalue weighted by atomic mass is 10.3. The summed E-state index contributed by atoms with van der Waals surface area (Å²) in [5, 5.41) is 9.27. The summed E-state index contributed by atoms with van der Waals surface area (Å²) in [5.41, 5.74) is 0.370. The van der Waals surface area contributed by atoms with E-state index in [1.165, 1.54) is 6.39 Å². The molecule has 2 aromatic rings. The monoisotopic (exact) mass is 247 g/mol. The van der Waals surface area contributed by atoms with Crippen molar-refractivity contribution in [3.05, 3.63) is 36.1 Å². The Balaban J connectivity index is 1.87. The van der Waals surface area contributed by atoms with Crippen LogP contribution in [0.3, 0.4) is 0 Å². The highest BCUT2D eigenvalue weighted by atomic mass is 16.5. The van der Waals surface area contributed by atoms with Gasteiger partial charge < -0.3 is 15.2 Å². The number of anilines is 1. The van der Waals surface area contributed by atoms with Crippen LogP contribution < -0.4 is 10.6 Å². The fourth-order valence-corrected chi connectivity index (χ4v) is 1.38. The summed E-state index contributed by atoms with van der Waals surface area (Å²) in [6.45, 7) is 0.434. The van der Waals surface area contributed by atoms with Gasteiger partial charge in [0, 0.05) is 20.0 Å². The molecule has 0 aliphatic carbocycles. The molecule has 2 heterocycles. The van der Waals surface area contributed by atoms with Gasteiger partial charge in [-0.15, -0.1) is 0 Å². The average molecular weight is 247 g/mol. The van der Waals surface area contributed by atoms with E-state index in [0.717, 1.165) is 0 Å².